The van der Waals surface area contributed by atoms with Gasteiger partial charge in [-0.15, -0.1) is 0 Å². The molecule has 1 heterocycles. The highest BCUT2D eigenvalue weighted by atomic mass is 16.5. The molecule has 0 amide bonds. The molecule has 1 aliphatic heterocycles. The summed E-state index contributed by atoms with van der Waals surface area (Å²) in [5, 5.41) is 3.18. The largest absolute Gasteiger partial charge is 0.373 e. The zero-order valence-corrected chi connectivity index (χ0v) is 11.0. The molecule has 3 nitrogen and oxygen atoms in total. The number of anilines is 1. The van der Waals surface area contributed by atoms with Crippen molar-refractivity contribution in [3.8, 4) is 0 Å². The molecule has 1 saturated heterocycles. The molecule has 1 N–H and O–H groups in total. The molecular formula is C14H22N2O. The maximum Gasteiger partial charge on any atom is 0.0874 e. The summed E-state index contributed by atoms with van der Waals surface area (Å²) in [6, 6.07) is 6.52. The minimum absolute atomic E-state index is 0.300. The van der Waals surface area contributed by atoms with Gasteiger partial charge in [0.1, 0.15) is 0 Å². The average molecular weight is 234 g/mol. The number of benzene rings is 1. The maximum atomic E-state index is 5.74. The van der Waals surface area contributed by atoms with Gasteiger partial charge in [0.2, 0.25) is 0 Å². The number of morpholine rings is 1. The van der Waals surface area contributed by atoms with E-state index in [9.17, 15) is 0 Å². The Morgan fingerprint density at radius 3 is 3.00 bits per heavy atom. The van der Waals surface area contributed by atoms with Crippen LogP contribution in [0.15, 0.2) is 18.2 Å². The fraction of sp³-hybridized carbons (Fsp3) is 0.571. The van der Waals surface area contributed by atoms with E-state index in [0.29, 0.717) is 6.10 Å². The van der Waals surface area contributed by atoms with Crippen molar-refractivity contribution < 1.29 is 4.74 Å². The summed E-state index contributed by atoms with van der Waals surface area (Å²) in [5.74, 6) is 0. The van der Waals surface area contributed by atoms with Gasteiger partial charge in [-0.1, -0.05) is 12.1 Å². The molecule has 0 aromatic heterocycles. The smallest absolute Gasteiger partial charge is 0.0874 e. The van der Waals surface area contributed by atoms with Crippen LogP contribution < -0.4 is 10.2 Å². The van der Waals surface area contributed by atoms with Crippen LogP contribution in [0.3, 0.4) is 0 Å². The first-order valence-corrected chi connectivity index (χ1v) is 6.29. The Morgan fingerprint density at radius 1 is 1.41 bits per heavy atom. The molecule has 17 heavy (non-hydrogen) atoms. The van der Waals surface area contributed by atoms with E-state index < -0.39 is 0 Å². The van der Waals surface area contributed by atoms with E-state index in [0.717, 1.165) is 26.2 Å². The van der Waals surface area contributed by atoms with Crippen molar-refractivity contribution in [2.24, 2.45) is 0 Å². The zero-order valence-electron chi connectivity index (χ0n) is 11.0. The molecule has 0 radical (unpaired) electrons. The molecule has 0 aliphatic carbocycles. The first-order chi connectivity index (χ1) is 8.22. The van der Waals surface area contributed by atoms with Crippen molar-refractivity contribution in [2.45, 2.75) is 20.0 Å². The van der Waals surface area contributed by atoms with Gasteiger partial charge in [0.25, 0.3) is 0 Å². The summed E-state index contributed by atoms with van der Waals surface area (Å²) >= 11 is 0. The molecule has 94 valence electrons. The van der Waals surface area contributed by atoms with E-state index in [-0.39, 0.29) is 0 Å². The van der Waals surface area contributed by atoms with Gasteiger partial charge >= 0.3 is 0 Å². The second-order valence-electron chi connectivity index (χ2n) is 4.72. The van der Waals surface area contributed by atoms with Crippen molar-refractivity contribution in [1.82, 2.24) is 5.32 Å². The minimum Gasteiger partial charge on any atom is -0.373 e. The molecule has 0 bridgehead atoms. The number of rotatable bonds is 3. The van der Waals surface area contributed by atoms with Crippen molar-refractivity contribution in [3.63, 3.8) is 0 Å². The van der Waals surface area contributed by atoms with E-state index in [4.69, 9.17) is 4.74 Å². The predicted octanol–water partition coefficient (Wildman–Crippen LogP) is 1.73. The number of hydrogen-bond donors (Lipinski definition) is 1. The lowest BCUT2D eigenvalue weighted by molar-refractivity contribution is 0.0421. The Hall–Kier alpha value is -1.06. The van der Waals surface area contributed by atoms with E-state index in [2.05, 4.69) is 42.3 Å². The van der Waals surface area contributed by atoms with Crippen LogP contribution in [0.25, 0.3) is 0 Å². The number of hydrogen-bond acceptors (Lipinski definition) is 3. The third-order valence-electron chi connectivity index (χ3n) is 3.49. The number of aryl methyl sites for hydroxylation is 1. The van der Waals surface area contributed by atoms with Gasteiger partial charge in [-0.05, 0) is 38.1 Å². The molecule has 1 fully saturated rings. The topological polar surface area (TPSA) is 24.5 Å². The lowest BCUT2D eigenvalue weighted by Crippen LogP contribution is -2.46. The monoisotopic (exact) mass is 234 g/mol. The van der Waals surface area contributed by atoms with E-state index in [1.165, 1.54) is 16.8 Å². The highest BCUT2D eigenvalue weighted by Crippen LogP contribution is 2.24. The van der Waals surface area contributed by atoms with Crippen LogP contribution in [-0.4, -0.2) is 39.4 Å². The molecular weight excluding hydrogens is 212 g/mol. The summed E-state index contributed by atoms with van der Waals surface area (Å²) < 4.78 is 5.74. The van der Waals surface area contributed by atoms with Crippen LogP contribution in [0.4, 0.5) is 5.69 Å². The third kappa shape index (κ3) is 2.79. The van der Waals surface area contributed by atoms with Gasteiger partial charge in [0.05, 0.1) is 12.7 Å². The molecule has 2 rings (SSSR count). The van der Waals surface area contributed by atoms with Crippen LogP contribution in [0, 0.1) is 13.8 Å². The molecule has 1 unspecified atom stereocenters. The van der Waals surface area contributed by atoms with E-state index in [1.807, 2.05) is 7.05 Å². The summed E-state index contributed by atoms with van der Waals surface area (Å²) in [6.45, 7) is 8.08. The molecule has 0 spiro atoms. The number of nitrogens with zero attached hydrogens (tertiary/aromatic N) is 1. The van der Waals surface area contributed by atoms with E-state index >= 15 is 0 Å². The Bertz CT molecular complexity index is 376. The van der Waals surface area contributed by atoms with Crippen molar-refractivity contribution in [3.05, 3.63) is 29.3 Å². The van der Waals surface area contributed by atoms with Crippen LogP contribution in [-0.2, 0) is 4.74 Å². The van der Waals surface area contributed by atoms with Crippen molar-refractivity contribution >= 4 is 5.69 Å². The number of ether oxygens (including phenoxy) is 1. The van der Waals surface area contributed by atoms with Gasteiger partial charge in [0, 0.05) is 25.3 Å². The van der Waals surface area contributed by atoms with Gasteiger partial charge in [0.15, 0.2) is 0 Å². The Balaban J connectivity index is 2.13. The van der Waals surface area contributed by atoms with E-state index in [1.54, 1.807) is 0 Å². The first-order valence-electron chi connectivity index (χ1n) is 6.29. The SMILES string of the molecule is CNCC1CN(c2cccc(C)c2C)CCO1. The van der Waals surface area contributed by atoms with Gasteiger partial charge in [-0.3, -0.25) is 0 Å². The third-order valence-corrected chi connectivity index (χ3v) is 3.49. The molecule has 1 aromatic rings. The predicted molar refractivity (Wildman–Crippen MR) is 71.8 cm³/mol. The van der Waals surface area contributed by atoms with Crippen LogP contribution in [0.5, 0.6) is 0 Å². The number of likely N-dealkylation sites (N-methyl/N-ethyl adjacent to an activating group) is 1. The highest BCUT2D eigenvalue weighted by molar-refractivity contribution is 5.56. The zero-order chi connectivity index (χ0) is 12.3. The second kappa shape index (κ2) is 5.52. The Kier molecular flexibility index (Phi) is 4.02. The van der Waals surface area contributed by atoms with Crippen molar-refractivity contribution in [1.29, 1.82) is 0 Å². The standard InChI is InChI=1S/C14H22N2O/c1-11-5-4-6-14(12(11)2)16-7-8-17-13(10-16)9-15-3/h4-6,13,15H,7-10H2,1-3H3. The molecule has 0 saturated carbocycles. The Morgan fingerprint density at radius 2 is 2.24 bits per heavy atom. The van der Waals surface area contributed by atoms with Gasteiger partial charge in [-0.25, -0.2) is 0 Å². The molecule has 3 heteroatoms. The summed E-state index contributed by atoms with van der Waals surface area (Å²) in [7, 11) is 1.97. The fourth-order valence-corrected chi connectivity index (χ4v) is 2.37. The average Bonchev–Trinajstić information content (AvgIpc) is 2.33. The molecule has 1 atom stereocenters. The summed E-state index contributed by atoms with van der Waals surface area (Å²) in [5.41, 5.74) is 4.10. The minimum atomic E-state index is 0.300. The van der Waals surface area contributed by atoms with Crippen molar-refractivity contribution in [2.75, 3.05) is 38.2 Å². The van der Waals surface area contributed by atoms with Crippen LogP contribution in [0.1, 0.15) is 11.1 Å². The number of nitrogens with one attached hydrogen (secondary N) is 1. The highest BCUT2D eigenvalue weighted by Gasteiger charge is 2.21. The fourth-order valence-electron chi connectivity index (χ4n) is 2.37. The maximum absolute atomic E-state index is 5.74. The summed E-state index contributed by atoms with van der Waals surface area (Å²) in [4.78, 5) is 2.44. The molecule has 1 aromatic carbocycles. The second-order valence-corrected chi connectivity index (χ2v) is 4.72. The Labute approximate surface area is 104 Å². The van der Waals surface area contributed by atoms with Gasteiger partial charge in [-0.2, -0.15) is 0 Å². The quantitative estimate of drug-likeness (QED) is 0.862. The first kappa shape index (κ1) is 12.4. The lowest BCUT2D eigenvalue weighted by Gasteiger charge is -2.35. The van der Waals surface area contributed by atoms with Gasteiger partial charge < -0.3 is 15.0 Å². The lowest BCUT2D eigenvalue weighted by atomic mass is 10.1. The summed E-state index contributed by atoms with van der Waals surface area (Å²) in [6.07, 6.45) is 0.300. The molecule has 1 aliphatic rings. The normalized spacial score (nSPS) is 20.6. The van der Waals surface area contributed by atoms with Crippen LogP contribution >= 0.6 is 0 Å². The van der Waals surface area contributed by atoms with Crippen LogP contribution in [0.2, 0.25) is 0 Å².